The fourth-order valence-electron chi connectivity index (χ4n) is 1.96. The van der Waals surface area contributed by atoms with Crippen LogP contribution in [0.25, 0.3) is 0 Å². The molecule has 1 aliphatic rings. The van der Waals surface area contributed by atoms with Gasteiger partial charge in [0, 0.05) is 31.5 Å². The van der Waals surface area contributed by atoms with E-state index in [0.717, 1.165) is 38.1 Å². The van der Waals surface area contributed by atoms with Gasteiger partial charge in [-0.2, -0.15) is 0 Å². The molecule has 1 amide bonds. The van der Waals surface area contributed by atoms with Crippen molar-refractivity contribution in [2.45, 2.75) is 32.3 Å². The van der Waals surface area contributed by atoms with Crippen LogP contribution in [-0.4, -0.2) is 42.1 Å². The number of likely N-dealkylation sites (N-methyl/N-ethyl adjacent to an activating group) is 1. The van der Waals surface area contributed by atoms with E-state index in [1.165, 1.54) is 4.88 Å². The number of amides is 1. The summed E-state index contributed by atoms with van der Waals surface area (Å²) in [5.74, 6) is 0.115. The molecule has 0 N–H and O–H groups in total. The maximum atomic E-state index is 12.0. The Kier molecular flexibility index (Phi) is 4.12. The molecule has 5 heteroatoms. The van der Waals surface area contributed by atoms with Crippen molar-refractivity contribution in [2.24, 2.45) is 0 Å². The molecule has 0 aromatic carbocycles. The molecule has 94 valence electrons. The van der Waals surface area contributed by atoms with Gasteiger partial charge in [0.1, 0.15) is 6.10 Å². The lowest BCUT2D eigenvalue weighted by molar-refractivity contribution is -0.139. The summed E-state index contributed by atoms with van der Waals surface area (Å²) in [7, 11) is 1.85. The van der Waals surface area contributed by atoms with Gasteiger partial charge in [0.2, 0.25) is 0 Å². The van der Waals surface area contributed by atoms with E-state index in [-0.39, 0.29) is 12.0 Å². The second kappa shape index (κ2) is 5.60. The van der Waals surface area contributed by atoms with Crippen LogP contribution in [0.15, 0.2) is 5.51 Å². The number of carbonyl (C=O) groups is 1. The first kappa shape index (κ1) is 12.5. The summed E-state index contributed by atoms with van der Waals surface area (Å²) in [6.07, 6.45) is 2.54. The minimum absolute atomic E-state index is 0.115. The minimum Gasteiger partial charge on any atom is -0.368 e. The van der Waals surface area contributed by atoms with Gasteiger partial charge in [-0.3, -0.25) is 4.79 Å². The van der Waals surface area contributed by atoms with Crippen LogP contribution < -0.4 is 0 Å². The summed E-state index contributed by atoms with van der Waals surface area (Å²) in [5.41, 5.74) is 2.93. The summed E-state index contributed by atoms with van der Waals surface area (Å²) in [5, 5.41) is 0. The summed E-state index contributed by atoms with van der Waals surface area (Å²) < 4.78 is 5.40. The highest BCUT2D eigenvalue weighted by Crippen LogP contribution is 2.16. The lowest BCUT2D eigenvalue weighted by Gasteiger charge is -2.20. The van der Waals surface area contributed by atoms with E-state index in [0.29, 0.717) is 0 Å². The Balaban J connectivity index is 1.82. The Hall–Kier alpha value is -0.940. The molecule has 0 saturated carbocycles. The normalized spacial score (nSPS) is 19.5. The van der Waals surface area contributed by atoms with Crippen LogP contribution in [0, 0.1) is 6.92 Å². The number of thiazole rings is 1. The van der Waals surface area contributed by atoms with Crippen molar-refractivity contribution in [1.29, 1.82) is 0 Å². The molecule has 0 spiro atoms. The van der Waals surface area contributed by atoms with Crippen LogP contribution in [0.3, 0.4) is 0 Å². The second-order valence-corrected chi connectivity index (χ2v) is 5.31. The van der Waals surface area contributed by atoms with E-state index in [9.17, 15) is 4.79 Å². The number of hydrogen-bond donors (Lipinski definition) is 0. The Morgan fingerprint density at radius 1 is 1.71 bits per heavy atom. The van der Waals surface area contributed by atoms with E-state index in [1.807, 2.05) is 19.5 Å². The lowest BCUT2D eigenvalue weighted by atomic mass is 10.2. The van der Waals surface area contributed by atoms with Crippen molar-refractivity contribution in [3.8, 4) is 0 Å². The molecule has 2 heterocycles. The molecule has 0 unspecified atom stereocenters. The third-order valence-corrected chi connectivity index (χ3v) is 4.10. The molecule has 1 aromatic heterocycles. The SMILES string of the molecule is Cc1ncsc1CCN(C)C(=O)[C@H]1CCCO1. The number of aryl methyl sites for hydroxylation is 1. The number of aromatic nitrogens is 1. The van der Waals surface area contributed by atoms with E-state index < -0.39 is 0 Å². The van der Waals surface area contributed by atoms with Gasteiger partial charge in [0.15, 0.2) is 0 Å². The van der Waals surface area contributed by atoms with Crippen LogP contribution in [0.2, 0.25) is 0 Å². The second-order valence-electron chi connectivity index (χ2n) is 4.37. The van der Waals surface area contributed by atoms with E-state index in [4.69, 9.17) is 4.74 Å². The van der Waals surface area contributed by atoms with Crippen LogP contribution in [0.4, 0.5) is 0 Å². The largest absolute Gasteiger partial charge is 0.368 e. The number of carbonyl (C=O) groups excluding carboxylic acids is 1. The lowest BCUT2D eigenvalue weighted by Crippen LogP contribution is -2.37. The number of rotatable bonds is 4. The predicted molar refractivity (Wildman–Crippen MR) is 67.2 cm³/mol. The maximum Gasteiger partial charge on any atom is 0.251 e. The highest BCUT2D eigenvalue weighted by molar-refractivity contribution is 7.09. The van der Waals surface area contributed by atoms with E-state index in [1.54, 1.807) is 16.2 Å². The van der Waals surface area contributed by atoms with Crippen molar-refractivity contribution >= 4 is 17.2 Å². The van der Waals surface area contributed by atoms with Crippen LogP contribution in [-0.2, 0) is 16.0 Å². The first-order chi connectivity index (χ1) is 8.18. The molecule has 0 aliphatic carbocycles. The van der Waals surface area contributed by atoms with Crippen LogP contribution in [0.5, 0.6) is 0 Å². The fraction of sp³-hybridized carbons (Fsp3) is 0.667. The van der Waals surface area contributed by atoms with E-state index >= 15 is 0 Å². The summed E-state index contributed by atoms with van der Waals surface area (Å²) in [6.45, 7) is 3.47. The molecule has 1 fully saturated rings. The molecule has 0 radical (unpaired) electrons. The quantitative estimate of drug-likeness (QED) is 0.820. The van der Waals surface area contributed by atoms with Crippen LogP contribution in [0.1, 0.15) is 23.4 Å². The summed E-state index contributed by atoms with van der Waals surface area (Å²) in [6, 6.07) is 0. The van der Waals surface area contributed by atoms with Gasteiger partial charge >= 0.3 is 0 Å². The minimum atomic E-state index is -0.206. The van der Waals surface area contributed by atoms with Gasteiger partial charge in [-0.1, -0.05) is 0 Å². The monoisotopic (exact) mass is 254 g/mol. The number of nitrogens with zero attached hydrogens (tertiary/aromatic N) is 2. The molecule has 0 bridgehead atoms. The van der Waals surface area contributed by atoms with Gasteiger partial charge in [-0.05, 0) is 19.8 Å². The van der Waals surface area contributed by atoms with Gasteiger partial charge in [0.25, 0.3) is 5.91 Å². The Morgan fingerprint density at radius 3 is 3.12 bits per heavy atom. The summed E-state index contributed by atoms with van der Waals surface area (Å²) in [4.78, 5) is 19.2. The molecular formula is C12H18N2O2S. The molecule has 2 rings (SSSR count). The first-order valence-corrected chi connectivity index (χ1v) is 6.82. The van der Waals surface area contributed by atoms with Gasteiger partial charge in [0.05, 0.1) is 11.2 Å². The van der Waals surface area contributed by atoms with Crippen LogP contribution >= 0.6 is 11.3 Å². The fourth-order valence-corrected chi connectivity index (χ4v) is 2.73. The molecule has 1 atom stereocenters. The van der Waals surface area contributed by atoms with Crippen molar-refractivity contribution in [3.63, 3.8) is 0 Å². The predicted octanol–water partition coefficient (Wildman–Crippen LogP) is 1.63. The third-order valence-electron chi connectivity index (χ3n) is 3.10. The first-order valence-electron chi connectivity index (χ1n) is 5.94. The maximum absolute atomic E-state index is 12.0. The van der Waals surface area contributed by atoms with Crippen molar-refractivity contribution < 1.29 is 9.53 Å². The van der Waals surface area contributed by atoms with Gasteiger partial charge < -0.3 is 9.64 Å². The zero-order valence-corrected chi connectivity index (χ0v) is 11.1. The smallest absolute Gasteiger partial charge is 0.251 e. The number of hydrogen-bond acceptors (Lipinski definition) is 4. The zero-order valence-electron chi connectivity index (χ0n) is 10.3. The van der Waals surface area contributed by atoms with Gasteiger partial charge in [-0.15, -0.1) is 11.3 Å². The Labute approximate surface area is 106 Å². The molecular weight excluding hydrogens is 236 g/mol. The summed E-state index contributed by atoms with van der Waals surface area (Å²) >= 11 is 1.66. The molecule has 17 heavy (non-hydrogen) atoms. The highest BCUT2D eigenvalue weighted by Gasteiger charge is 2.26. The Morgan fingerprint density at radius 2 is 2.53 bits per heavy atom. The molecule has 1 aliphatic heterocycles. The van der Waals surface area contributed by atoms with Crippen molar-refractivity contribution in [3.05, 3.63) is 16.1 Å². The topological polar surface area (TPSA) is 42.4 Å². The highest BCUT2D eigenvalue weighted by atomic mass is 32.1. The standard InChI is InChI=1S/C12H18N2O2S/c1-9-11(17-8-13-9)5-6-14(2)12(15)10-4-3-7-16-10/h8,10H,3-7H2,1-2H3/t10-/m1/s1. The third kappa shape index (κ3) is 3.04. The average Bonchev–Trinajstić information content (AvgIpc) is 2.96. The van der Waals surface area contributed by atoms with Crippen molar-refractivity contribution in [2.75, 3.05) is 20.2 Å². The average molecular weight is 254 g/mol. The van der Waals surface area contributed by atoms with Gasteiger partial charge in [-0.25, -0.2) is 4.98 Å². The molecule has 4 nitrogen and oxygen atoms in total. The zero-order chi connectivity index (χ0) is 12.3. The molecule has 1 saturated heterocycles. The van der Waals surface area contributed by atoms with Crippen molar-refractivity contribution in [1.82, 2.24) is 9.88 Å². The number of ether oxygens (including phenoxy) is 1. The van der Waals surface area contributed by atoms with E-state index in [2.05, 4.69) is 4.98 Å². The Bertz CT molecular complexity index is 386. The molecule has 1 aromatic rings.